The van der Waals surface area contributed by atoms with Gasteiger partial charge in [-0.1, -0.05) is 30.3 Å². The number of amides is 2. The van der Waals surface area contributed by atoms with Gasteiger partial charge >= 0.3 is 0 Å². The molecule has 4 rings (SSSR count). The van der Waals surface area contributed by atoms with Crippen LogP contribution >= 0.6 is 0 Å². The van der Waals surface area contributed by atoms with E-state index in [0.29, 0.717) is 36.1 Å². The number of rotatable bonds is 9. The maximum absolute atomic E-state index is 13.0. The molecule has 3 aromatic rings. The molecule has 1 aromatic heterocycles. The van der Waals surface area contributed by atoms with E-state index in [0.717, 1.165) is 31.4 Å². The Morgan fingerprint density at radius 1 is 1.06 bits per heavy atom. The molecule has 2 amide bonds. The monoisotopic (exact) mass is 490 g/mol. The molecule has 36 heavy (non-hydrogen) atoms. The Morgan fingerprint density at radius 3 is 2.64 bits per heavy atom. The van der Waals surface area contributed by atoms with E-state index in [1.807, 2.05) is 72.4 Å². The summed E-state index contributed by atoms with van der Waals surface area (Å²) in [6.45, 7) is 2.06. The maximum atomic E-state index is 13.0. The lowest BCUT2D eigenvalue weighted by molar-refractivity contribution is -0.137. The highest BCUT2D eigenvalue weighted by molar-refractivity contribution is 5.95. The van der Waals surface area contributed by atoms with Crippen molar-refractivity contribution in [1.29, 1.82) is 0 Å². The molecule has 9 nitrogen and oxygen atoms in total. The zero-order chi connectivity index (χ0) is 25.5. The van der Waals surface area contributed by atoms with Crippen LogP contribution in [-0.2, 0) is 4.79 Å². The summed E-state index contributed by atoms with van der Waals surface area (Å²) in [7, 11) is 5.77. The number of ether oxygens (including phenoxy) is 1. The van der Waals surface area contributed by atoms with Crippen molar-refractivity contribution in [1.82, 2.24) is 29.9 Å². The van der Waals surface area contributed by atoms with Gasteiger partial charge in [-0.05, 0) is 57.6 Å². The predicted octanol–water partition coefficient (Wildman–Crippen LogP) is 3.24. The third-order valence-corrected chi connectivity index (χ3v) is 6.34. The van der Waals surface area contributed by atoms with Gasteiger partial charge in [-0.3, -0.25) is 14.7 Å². The first-order chi connectivity index (χ1) is 17.4. The number of aromatic amines is 1. The number of likely N-dealkylation sites (tertiary alicyclic amines) is 1. The van der Waals surface area contributed by atoms with E-state index >= 15 is 0 Å². The molecule has 1 unspecified atom stereocenters. The Hall–Kier alpha value is -3.72. The van der Waals surface area contributed by atoms with E-state index in [2.05, 4.69) is 10.2 Å². The SMILES string of the molecule is CN(C)CCN(C)C(=O)c1cccc(-c2n[nH]c(C3CCCCN3C(=O)COc3ccccc3)n2)c1. The first kappa shape index (κ1) is 25.4. The number of hydrogen-bond acceptors (Lipinski definition) is 6. The van der Waals surface area contributed by atoms with E-state index < -0.39 is 0 Å². The number of carbonyl (C=O) groups excluding carboxylic acids is 2. The lowest BCUT2D eigenvalue weighted by atomic mass is 10.0. The summed E-state index contributed by atoms with van der Waals surface area (Å²) in [5.41, 5.74) is 1.35. The average molecular weight is 491 g/mol. The Morgan fingerprint density at radius 2 is 1.86 bits per heavy atom. The zero-order valence-electron chi connectivity index (χ0n) is 21.2. The molecule has 0 saturated carbocycles. The summed E-state index contributed by atoms with van der Waals surface area (Å²) in [5, 5.41) is 7.46. The molecular weight excluding hydrogens is 456 g/mol. The summed E-state index contributed by atoms with van der Waals surface area (Å²) >= 11 is 0. The van der Waals surface area contributed by atoms with Crippen molar-refractivity contribution in [3.05, 3.63) is 66.0 Å². The second kappa shape index (κ2) is 11.8. The molecule has 1 aliphatic heterocycles. The van der Waals surface area contributed by atoms with Crippen molar-refractivity contribution in [2.75, 3.05) is 47.4 Å². The topological polar surface area (TPSA) is 94.7 Å². The molecule has 0 bridgehead atoms. The number of para-hydroxylation sites is 1. The molecule has 190 valence electrons. The standard InChI is InChI=1S/C27H34N6O3/c1-31(2)16-17-32(3)27(35)21-11-9-10-20(18-21)25-28-26(30-29-25)23-14-7-8-15-33(23)24(34)19-36-22-12-5-4-6-13-22/h4-6,9-13,18,23H,7-8,14-17,19H2,1-3H3,(H,28,29,30). The number of nitrogens with one attached hydrogen (secondary N) is 1. The number of carbonyl (C=O) groups is 2. The second-order valence-corrected chi connectivity index (χ2v) is 9.36. The van der Waals surface area contributed by atoms with E-state index in [1.165, 1.54) is 0 Å². The fourth-order valence-corrected chi connectivity index (χ4v) is 4.27. The number of hydrogen-bond donors (Lipinski definition) is 1. The van der Waals surface area contributed by atoms with Gasteiger partial charge in [0.2, 0.25) is 0 Å². The van der Waals surface area contributed by atoms with E-state index in [-0.39, 0.29) is 24.5 Å². The highest BCUT2D eigenvalue weighted by Crippen LogP contribution is 2.30. The Kier molecular flexibility index (Phi) is 8.32. The Labute approximate surface area is 212 Å². The van der Waals surface area contributed by atoms with Crippen LogP contribution in [0.4, 0.5) is 0 Å². The van der Waals surface area contributed by atoms with Crippen LogP contribution in [0.15, 0.2) is 54.6 Å². The number of H-pyrrole nitrogens is 1. The Bertz CT molecular complexity index is 1160. The van der Waals surface area contributed by atoms with Crippen LogP contribution in [0.1, 0.15) is 41.5 Å². The van der Waals surface area contributed by atoms with E-state index in [1.54, 1.807) is 18.0 Å². The smallest absolute Gasteiger partial charge is 0.261 e. The number of nitrogens with zero attached hydrogens (tertiary/aromatic N) is 5. The van der Waals surface area contributed by atoms with Crippen LogP contribution in [0.3, 0.4) is 0 Å². The molecule has 0 radical (unpaired) electrons. The minimum absolute atomic E-state index is 0.0208. The van der Waals surface area contributed by atoms with Crippen LogP contribution < -0.4 is 4.74 Å². The van der Waals surface area contributed by atoms with E-state index in [4.69, 9.17) is 9.72 Å². The molecule has 1 saturated heterocycles. The van der Waals surface area contributed by atoms with Crippen LogP contribution in [0.2, 0.25) is 0 Å². The number of piperidine rings is 1. The van der Waals surface area contributed by atoms with Crippen LogP contribution in [0.25, 0.3) is 11.4 Å². The van der Waals surface area contributed by atoms with Crippen molar-refractivity contribution in [3.8, 4) is 17.1 Å². The molecule has 2 heterocycles. The maximum Gasteiger partial charge on any atom is 0.261 e. The van der Waals surface area contributed by atoms with Gasteiger partial charge in [0.1, 0.15) is 11.6 Å². The summed E-state index contributed by atoms with van der Waals surface area (Å²) in [5.74, 6) is 1.71. The predicted molar refractivity (Wildman–Crippen MR) is 138 cm³/mol. The molecular formula is C27H34N6O3. The molecule has 1 aliphatic rings. The first-order valence-corrected chi connectivity index (χ1v) is 12.3. The summed E-state index contributed by atoms with van der Waals surface area (Å²) < 4.78 is 5.69. The third-order valence-electron chi connectivity index (χ3n) is 6.34. The molecule has 0 aliphatic carbocycles. The highest BCUT2D eigenvalue weighted by atomic mass is 16.5. The second-order valence-electron chi connectivity index (χ2n) is 9.36. The number of likely N-dealkylation sites (N-methyl/N-ethyl adjacent to an activating group) is 2. The van der Waals surface area contributed by atoms with Gasteiger partial charge < -0.3 is 19.4 Å². The minimum Gasteiger partial charge on any atom is -0.484 e. The molecule has 9 heteroatoms. The van der Waals surface area contributed by atoms with Crippen LogP contribution in [0, 0.1) is 0 Å². The quantitative estimate of drug-likeness (QED) is 0.495. The fraction of sp³-hybridized carbons (Fsp3) is 0.407. The van der Waals surface area contributed by atoms with Gasteiger partial charge in [-0.25, -0.2) is 4.98 Å². The van der Waals surface area contributed by atoms with Crippen LogP contribution in [-0.4, -0.2) is 89.1 Å². The number of aromatic nitrogens is 3. The van der Waals surface area contributed by atoms with Crippen molar-refractivity contribution < 1.29 is 14.3 Å². The van der Waals surface area contributed by atoms with Gasteiger partial charge in [-0.15, -0.1) is 0 Å². The lowest BCUT2D eigenvalue weighted by Gasteiger charge is -2.34. The van der Waals surface area contributed by atoms with Crippen LogP contribution in [0.5, 0.6) is 5.75 Å². The van der Waals surface area contributed by atoms with Gasteiger partial charge in [0.05, 0.1) is 6.04 Å². The van der Waals surface area contributed by atoms with Crippen molar-refractivity contribution in [3.63, 3.8) is 0 Å². The van der Waals surface area contributed by atoms with Gasteiger partial charge in [0, 0.05) is 37.8 Å². The molecule has 1 atom stereocenters. The Balaban J connectivity index is 1.45. The fourth-order valence-electron chi connectivity index (χ4n) is 4.27. The molecule has 1 fully saturated rings. The average Bonchev–Trinajstić information content (AvgIpc) is 3.41. The van der Waals surface area contributed by atoms with Crippen molar-refractivity contribution in [2.24, 2.45) is 0 Å². The number of benzene rings is 2. The highest BCUT2D eigenvalue weighted by Gasteiger charge is 2.31. The van der Waals surface area contributed by atoms with Crippen molar-refractivity contribution >= 4 is 11.8 Å². The minimum atomic E-state index is -0.186. The first-order valence-electron chi connectivity index (χ1n) is 12.3. The molecule has 2 aromatic carbocycles. The largest absolute Gasteiger partial charge is 0.484 e. The van der Waals surface area contributed by atoms with Gasteiger partial charge in [-0.2, -0.15) is 5.10 Å². The third kappa shape index (κ3) is 6.28. The van der Waals surface area contributed by atoms with E-state index in [9.17, 15) is 9.59 Å². The molecule has 0 spiro atoms. The summed E-state index contributed by atoms with van der Waals surface area (Å²) in [4.78, 5) is 36.2. The molecule has 1 N–H and O–H groups in total. The summed E-state index contributed by atoms with van der Waals surface area (Å²) in [6, 6.07) is 16.5. The summed E-state index contributed by atoms with van der Waals surface area (Å²) in [6.07, 6.45) is 2.76. The van der Waals surface area contributed by atoms with Gasteiger partial charge in [0.15, 0.2) is 12.4 Å². The van der Waals surface area contributed by atoms with Crippen molar-refractivity contribution in [2.45, 2.75) is 25.3 Å². The van der Waals surface area contributed by atoms with Gasteiger partial charge in [0.25, 0.3) is 11.8 Å². The normalized spacial score (nSPS) is 15.7. The lowest BCUT2D eigenvalue weighted by Crippen LogP contribution is -2.41. The zero-order valence-corrected chi connectivity index (χ0v) is 21.2.